The highest BCUT2D eigenvalue weighted by Crippen LogP contribution is 2.33. The molecule has 4 nitrogen and oxygen atoms in total. The van der Waals surface area contributed by atoms with Crippen molar-refractivity contribution >= 4 is 21.4 Å². The number of aliphatic hydroxyl groups excluding tert-OH is 1. The minimum atomic E-state index is -3.49. The van der Waals surface area contributed by atoms with Crippen molar-refractivity contribution in [2.24, 2.45) is 11.8 Å². The third-order valence-corrected chi connectivity index (χ3v) is 7.05. The maximum Gasteiger partial charge on any atom is 0.244 e. The fourth-order valence-electron chi connectivity index (χ4n) is 2.78. The minimum Gasteiger partial charge on any atom is -0.391 e. The molecule has 1 aliphatic heterocycles. The predicted octanol–water partition coefficient (Wildman–Crippen LogP) is 2.30. The lowest BCUT2D eigenvalue weighted by Gasteiger charge is -2.39. The first-order valence-corrected chi connectivity index (χ1v) is 8.89. The Morgan fingerprint density at radius 3 is 2.74 bits per heavy atom. The van der Waals surface area contributed by atoms with Gasteiger partial charge in [0.1, 0.15) is 0 Å². The summed E-state index contributed by atoms with van der Waals surface area (Å²) in [5.41, 5.74) is 0. The molecule has 0 aliphatic carbocycles. The van der Waals surface area contributed by atoms with Gasteiger partial charge in [-0.25, -0.2) is 8.42 Å². The second-order valence-corrected chi connectivity index (χ2v) is 8.36. The smallest absolute Gasteiger partial charge is 0.244 e. The third-order valence-electron chi connectivity index (χ3n) is 3.98. The van der Waals surface area contributed by atoms with Crippen LogP contribution >= 0.6 is 11.3 Å². The number of hydrogen-bond acceptors (Lipinski definition) is 4. The fourth-order valence-corrected chi connectivity index (χ4v) is 5.90. The summed E-state index contributed by atoms with van der Waals surface area (Å²) in [7, 11) is -3.49. The van der Waals surface area contributed by atoms with Gasteiger partial charge in [-0.2, -0.15) is 4.31 Å². The van der Waals surface area contributed by atoms with Crippen molar-refractivity contribution in [1.29, 1.82) is 0 Å². The standard InChI is InChI=1S/C13H21NO3S2/c1-9-6-10(2)11(3)14(7-9)19(16,17)13-4-5-18-12(13)8-15/h4-5,9-11,15H,6-8H2,1-3H3. The highest BCUT2D eigenvalue weighted by molar-refractivity contribution is 7.89. The van der Waals surface area contributed by atoms with Crippen molar-refractivity contribution in [1.82, 2.24) is 4.31 Å². The van der Waals surface area contributed by atoms with Crippen LogP contribution in [0.2, 0.25) is 0 Å². The van der Waals surface area contributed by atoms with Crippen LogP contribution in [0.3, 0.4) is 0 Å². The van der Waals surface area contributed by atoms with Crippen LogP contribution in [0.25, 0.3) is 0 Å². The maximum absolute atomic E-state index is 12.8. The Morgan fingerprint density at radius 1 is 1.42 bits per heavy atom. The topological polar surface area (TPSA) is 57.6 Å². The Balaban J connectivity index is 2.38. The van der Waals surface area contributed by atoms with Gasteiger partial charge in [0.05, 0.1) is 11.5 Å². The Hall–Kier alpha value is -0.430. The molecule has 1 saturated heterocycles. The Kier molecular flexibility index (Phi) is 4.35. The molecule has 0 amide bonds. The van der Waals surface area contributed by atoms with E-state index in [1.165, 1.54) is 11.3 Å². The van der Waals surface area contributed by atoms with Gasteiger partial charge in [0, 0.05) is 17.5 Å². The molecule has 1 aliphatic rings. The van der Waals surface area contributed by atoms with Gasteiger partial charge in [-0.05, 0) is 36.6 Å². The zero-order valence-electron chi connectivity index (χ0n) is 11.5. The molecule has 1 aromatic heterocycles. The number of nitrogens with zero attached hydrogens (tertiary/aromatic N) is 1. The lowest BCUT2D eigenvalue weighted by molar-refractivity contribution is 0.157. The van der Waals surface area contributed by atoms with E-state index < -0.39 is 10.0 Å². The molecule has 19 heavy (non-hydrogen) atoms. The van der Waals surface area contributed by atoms with E-state index in [-0.39, 0.29) is 17.5 Å². The molecule has 2 rings (SSSR count). The van der Waals surface area contributed by atoms with E-state index in [2.05, 4.69) is 13.8 Å². The summed E-state index contributed by atoms with van der Waals surface area (Å²) in [6.45, 7) is 6.50. The van der Waals surface area contributed by atoms with E-state index in [1.54, 1.807) is 15.8 Å². The van der Waals surface area contributed by atoms with Gasteiger partial charge in [-0.15, -0.1) is 11.3 Å². The Labute approximate surface area is 119 Å². The van der Waals surface area contributed by atoms with Crippen LogP contribution in [0, 0.1) is 11.8 Å². The van der Waals surface area contributed by atoms with Gasteiger partial charge in [0.25, 0.3) is 0 Å². The van der Waals surface area contributed by atoms with Crippen molar-refractivity contribution in [3.05, 3.63) is 16.3 Å². The van der Waals surface area contributed by atoms with Gasteiger partial charge >= 0.3 is 0 Å². The van der Waals surface area contributed by atoms with Crippen molar-refractivity contribution < 1.29 is 13.5 Å². The van der Waals surface area contributed by atoms with Crippen LogP contribution in [0.4, 0.5) is 0 Å². The van der Waals surface area contributed by atoms with Gasteiger partial charge in [-0.1, -0.05) is 13.8 Å². The van der Waals surface area contributed by atoms with E-state index >= 15 is 0 Å². The summed E-state index contributed by atoms with van der Waals surface area (Å²) in [5.74, 6) is 0.729. The lowest BCUT2D eigenvalue weighted by Crippen LogP contribution is -2.48. The second-order valence-electron chi connectivity index (χ2n) is 5.50. The lowest BCUT2D eigenvalue weighted by atomic mass is 9.88. The fraction of sp³-hybridized carbons (Fsp3) is 0.692. The SMILES string of the molecule is CC1CC(C)C(C)N(S(=O)(=O)c2ccsc2CO)C1. The van der Waals surface area contributed by atoms with Crippen LogP contribution in [0.5, 0.6) is 0 Å². The Morgan fingerprint density at radius 2 is 2.11 bits per heavy atom. The summed E-state index contributed by atoms with van der Waals surface area (Å²) in [6, 6.07) is 1.61. The molecule has 0 spiro atoms. The van der Waals surface area contributed by atoms with E-state index in [0.717, 1.165) is 6.42 Å². The number of thiophene rings is 1. The molecule has 6 heteroatoms. The molecule has 3 atom stereocenters. The molecular weight excluding hydrogens is 282 g/mol. The molecule has 0 bridgehead atoms. The average molecular weight is 303 g/mol. The average Bonchev–Trinajstić information content (AvgIpc) is 2.82. The molecule has 2 heterocycles. The summed E-state index contributed by atoms with van der Waals surface area (Å²) in [5, 5.41) is 11.0. The molecule has 108 valence electrons. The van der Waals surface area contributed by atoms with Gasteiger partial charge in [0.2, 0.25) is 10.0 Å². The molecule has 0 saturated carbocycles. The highest BCUT2D eigenvalue weighted by atomic mass is 32.2. The van der Waals surface area contributed by atoms with E-state index in [4.69, 9.17) is 0 Å². The molecule has 0 radical (unpaired) electrons. The van der Waals surface area contributed by atoms with E-state index in [0.29, 0.717) is 23.3 Å². The summed E-state index contributed by atoms with van der Waals surface area (Å²) in [4.78, 5) is 0.797. The van der Waals surface area contributed by atoms with Gasteiger partial charge in [0.15, 0.2) is 0 Å². The first kappa shape index (κ1) is 15.0. The second kappa shape index (κ2) is 5.52. The van der Waals surface area contributed by atoms with Crippen molar-refractivity contribution in [3.8, 4) is 0 Å². The van der Waals surface area contributed by atoms with Crippen LogP contribution in [-0.2, 0) is 16.6 Å². The zero-order valence-corrected chi connectivity index (χ0v) is 13.2. The number of aliphatic hydroxyl groups is 1. The normalized spacial score (nSPS) is 29.6. The van der Waals surface area contributed by atoms with E-state index in [9.17, 15) is 13.5 Å². The van der Waals surface area contributed by atoms with Crippen LogP contribution in [0.15, 0.2) is 16.3 Å². The quantitative estimate of drug-likeness (QED) is 0.932. The van der Waals surface area contributed by atoms with Gasteiger partial charge < -0.3 is 5.11 Å². The van der Waals surface area contributed by atoms with E-state index in [1.807, 2.05) is 6.92 Å². The first-order chi connectivity index (χ1) is 8.87. The molecule has 0 aromatic carbocycles. The molecule has 1 fully saturated rings. The molecule has 1 N–H and O–H groups in total. The summed E-state index contributed by atoms with van der Waals surface area (Å²) < 4.78 is 27.1. The van der Waals surface area contributed by atoms with Crippen molar-refractivity contribution in [2.75, 3.05) is 6.54 Å². The number of hydrogen-bond donors (Lipinski definition) is 1. The van der Waals surface area contributed by atoms with Crippen LogP contribution in [0.1, 0.15) is 32.1 Å². The zero-order chi connectivity index (χ0) is 14.2. The summed E-state index contributed by atoms with van der Waals surface area (Å²) >= 11 is 1.29. The highest BCUT2D eigenvalue weighted by Gasteiger charge is 2.38. The number of rotatable bonds is 3. The first-order valence-electron chi connectivity index (χ1n) is 6.57. The largest absolute Gasteiger partial charge is 0.391 e. The monoisotopic (exact) mass is 303 g/mol. The number of sulfonamides is 1. The predicted molar refractivity (Wildman–Crippen MR) is 76.5 cm³/mol. The summed E-state index contributed by atoms with van der Waals surface area (Å²) in [6.07, 6.45) is 1.06. The van der Waals surface area contributed by atoms with Crippen LogP contribution in [-0.4, -0.2) is 30.4 Å². The minimum absolute atomic E-state index is 0.00708. The number of piperidine rings is 1. The molecule has 3 unspecified atom stereocenters. The third kappa shape index (κ3) is 2.72. The maximum atomic E-state index is 12.8. The van der Waals surface area contributed by atoms with Crippen molar-refractivity contribution in [2.45, 2.75) is 44.7 Å². The van der Waals surface area contributed by atoms with Crippen molar-refractivity contribution in [3.63, 3.8) is 0 Å². The van der Waals surface area contributed by atoms with Gasteiger partial charge in [-0.3, -0.25) is 0 Å². The molecule has 1 aromatic rings. The van der Waals surface area contributed by atoms with Crippen LogP contribution < -0.4 is 0 Å². The Bertz CT molecular complexity index is 538. The molecular formula is C13H21NO3S2.